The van der Waals surface area contributed by atoms with Gasteiger partial charge in [0.2, 0.25) is 0 Å². The molecule has 0 radical (unpaired) electrons. The molecule has 1 aliphatic rings. The van der Waals surface area contributed by atoms with E-state index >= 15 is 0 Å². The van der Waals surface area contributed by atoms with Crippen LogP contribution in [-0.4, -0.2) is 68.8 Å². The maximum atomic E-state index is 12.5. The second-order valence-electron chi connectivity index (χ2n) is 7.85. The summed E-state index contributed by atoms with van der Waals surface area (Å²) < 4.78 is 42.6. The zero-order chi connectivity index (χ0) is 22.7. The zero-order valence-corrected chi connectivity index (χ0v) is 18.4. The third-order valence-electron chi connectivity index (χ3n) is 5.26. The number of nitrogens with one attached hydrogen (secondary N) is 3. The molecule has 1 aromatic rings. The van der Waals surface area contributed by atoms with Gasteiger partial charge in [0.15, 0.2) is 11.7 Å². The SMILES string of the molecule is CCNC(=NCCCNC(=O)c1occc1C)NCCC1CCN(CC(F)(F)F)CC1. The van der Waals surface area contributed by atoms with Crippen molar-refractivity contribution in [3.63, 3.8) is 0 Å². The molecule has 2 rings (SSSR count). The lowest BCUT2D eigenvalue weighted by Gasteiger charge is -2.32. The quantitative estimate of drug-likeness (QED) is 0.293. The number of aliphatic imine (C=N–C) groups is 1. The summed E-state index contributed by atoms with van der Waals surface area (Å²) in [6, 6.07) is 1.75. The van der Waals surface area contributed by atoms with E-state index in [4.69, 9.17) is 4.42 Å². The molecule has 0 aliphatic carbocycles. The Morgan fingerprint density at radius 3 is 2.58 bits per heavy atom. The number of aryl methyl sites for hydroxylation is 1. The molecule has 0 saturated carbocycles. The van der Waals surface area contributed by atoms with Gasteiger partial charge in [-0.1, -0.05) is 0 Å². The van der Waals surface area contributed by atoms with E-state index in [1.54, 1.807) is 6.07 Å². The lowest BCUT2D eigenvalue weighted by Crippen LogP contribution is -2.41. The summed E-state index contributed by atoms with van der Waals surface area (Å²) in [6.45, 7) is 6.52. The summed E-state index contributed by atoms with van der Waals surface area (Å²) in [7, 11) is 0. The van der Waals surface area contributed by atoms with Crippen LogP contribution in [0.25, 0.3) is 0 Å². The van der Waals surface area contributed by atoms with Gasteiger partial charge < -0.3 is 20.4 Å². The molecular weight excluding hydrogens is 411 g/mol. The number of rotatable bonds is 10. The van der Waals surface area contributed by atoms with Crippen LogP contribution in [0.1, 0.15) is 48.7 Å². The van der Waals surface area contributed by atoms with Crippen molar-refractivity contribution < 1.29 is 22.4 Å². The molecule has 0 aromatic carbocycles. The molecule has 31 heavy (non-hydrogen) atoms. The van der Waals surface area contributed by atoms with Crippen molar-refractivity contribution in [2.45, 2.75) is 45.7 Å². The number of furan rings is 1. The number of carbonyl (C=O) groups excluding carboxylic acids is 1. The molecule has 176 valence electrons. The van der Waals surface area contributed by atoms with Gasteiger partial charge in [0.05, 0.1) is 12.8 Å². The highest BCUT2D eigenvalue weighted by atomic mass is 19.4. The van der Waals surface area contributed by atoms with Gasteiger partial charge in [-0.15, -0.1) is 0 Å². The Hall–Kier alpha value is -2.23. The van der Waals surface area contributed by atoms with Gasteiger partial charge in [-0.2, -0.15) is 13.2 Å². The molecule has 7 nitrogen and oxygen atoms in total. The van der Waals surface area contributed by atoms with Crippen molar-refractivity contribution in [1.29, 1.82) is 0 Å². The van der Waals surface area contributed by atoms with E-state index in [1.807, 2.05) is 13.8 Å². The summed E-state index contributed by atoms with van der Waals surface area (Å²) in [5, 5.41) is 9.29. The highest BCUT2D eigenvalue weighted by molar-refractivity contribution is 5.92. The fraction of sp³-hybridized carbons (Fsp3) is 0.714. The van der Waals surface area contributed by atoms with Gasteiger partial charge in [-0.3, -0.25) is 14.7 Å². The zero-order valence-electron chi connectivity index (χ0n) is 18.4. The van der Waals surface area contributed by atoms with Gasteiger partial charge >= 0.3 is 6.18 Å². The van der Waals surface area contributed by atoms with Crippen LogP contribution < -0.4 is 16.0 Å². The van der Waals surface area contributed by atoms with E-state index in [2.05, 4.69) is 20.9 Å². The largest absolute Gasteiger partial charge is 0.459 e. The first kappa shape index (κ1) is 25.0. The van der Waals surface area contributed by atoms with Gasteiger partial charge in [0.25, 0.3) is 5.91 Å². The Kier molecular flexibility index (Phi) is 10.2. The van der Waals surface area contributed by atoms with E-state index in [0.29, 0.717) is 50.2 Å². The summed E-state index contributed by atoms with van der Waals surface area (Å²) in [5.41, 5.74) is 0.806. The van der Waals surface area contributed by atoms with Gasteiger partial charge in [-0.05, 0) is 64.6 Å². The number of hydrogen-bond acceptors (Lipinski definition) is 4. The highest BCUT2D eigenvalue weighted by Gasteiger charge is 2.32. The molecule has 0 spiro atoms. The molecule has 1 saturated heterocycles. The average molecular weight is 446 g/mol. The number of piperidine rings is 1. The van der Waals surface area contributed by atoms with Crippen molar-refractivity contribution in [2.24, 2.45) is 10.9 Å². The number of guanidine groups is 1. The van der Waals surface area contributed by atoms with Crippen LogP contribution in [0.4, 0.5) is 13.2 Å². The Bertz CT molecular complexity index is 697. The van der Waals surface area contributed by atoms with Crippen LogP contribution in [0.15, 0.2) is 21.7 Å². The number of nitrogens with zero attached hydrogens (tertiary/aromatic N) is 2. The molecule has 0 unspecified atom stereocenters. The minimum absolute atomic E-state index is 0.224. The predicted molar refractivity (Wildman–Crippen MR) is 114 cm³/mol. The van der Waals surface area contributed by atoms with Gasteiger partial charge in [0.1, 0.15) is 0 Å². The van der Waals surface area contributed by atoms with Crippen molar-refractivity contribution in [3.8, 4) is 0 Å². The lowest BCUT2D eigenvalue weighted by molar-refractivity contribution is -0.148. The van der Waals surface area contributed by atoms with Crippen LogP contribution in [0.3, 0.4) is 0 Å². The molecule has 0 atom stereocenters. The highest BCUT2D eigenvalue weighted by Crippen LogP contribution is 2.23. The molecule has 1 fully saturated rings. The van der Waals surface area contributed by atoms with E-state index < -0.39 is 12.7 Å². The monoisotopic (exact) mass is 445 g/mol. The Labute approximate surface area is 181 Å². The maximum absolute atomic E-state index is 12.5. The number of likely N-dealkylation sites (tertiary alicyclic amines) is 1. The first-order chi connectivity index (χ1) is 14.8. The molecule has 1 amide bonds. The fourth-order valence-corrected chi connectivity index (χ4v) is 3.58. The molecule has 1 aliphatic heterocycles. The van der Waals surface area contributed by atoms with Gasteiger partial charge in [-0.25, -0.2) is 0 Å². The van der Waals surface area contributed by atoms with Crippen LogP contribution >= 0.6 is 0 Å². The molecule has 0 bridgehead atoms. The number of alkyl halides is 3. The predicted octanol–water partition coefficient (Wildman–Crippen LogP) is 2.93. The third kappa shape index (κ3) is 9.63. The van der Waals surface area contributed by atoms with Crippen molar-refractivity contribution in [3.05, 3.63) is 23.7 Å². The average Bonchev–Trinajstić information content (AvgIpc) is 3.13. The summed E-state index contributed by atoms with van der Waals surface area (Å²) in [6.07, 6.45) is 0.560. The maximum Gasteiger partial charge on any atom is 0.401 e. The van der Waals surface area contributed by atoms with E-state index in [1.165, 1.54) is 11.2 Å². The minimum atomic E-state index is -4.12. The van der Waals surface area contributed by atoms with Crippen molar-refractivity contribution in [1.82, 2.24) is 20.9 Å². The second-order valence-corrected chi connectivity index (χ2v) is 7.85. The van der Waals surface area contributed by atoms with Gasteiger partial charge in [0, 0.05) is 31.7 Å². The number of amides is 1. The molecule has 10 heteroatoms. The van der Waals surface area contributed by atoms with E-state index in [9.17, 15) is 18.0 Å². The third-order valence-corrected chi connectivity index (χ3v) is 5.26. The number of hydrogen-bond donors (Lipinski definition) is 3. The van der Waals surface area contributed by atoms with E-state index in [0.717, 1.165) is 37.9 Å². The van der Waals surface area contributed by atoms with Crippen LogP contribution in [0.5, 0.6) is 0 Å². The first-order valence-electron chi connectivity index (χ1n) is 10.9. The second kappa shape index (κ2) is 12.6. The lowest BCUT2D eigenvalue weighted by atomic mass is 9.93. The minimum Gasteiger partial charge on any atom is -0.459 e. The normalized spacial score (nSPS) is 16.4. The first-order valence-corrected chi connectivity index (χ1v) is 10.9. The van der Waals surface area contributed by atoms with Crippen molar-refractivity contribution in [2.75, 3.05) is 45.8 Å². The standard InChI is InChI=1S/C21H34F3N5O2/c1-3-25-20(27-10-4-9-26-19(30)18-16(2)8-14-31-18)28-11-5-17-6-12-29(13-7-17)15-21(22,23)24/h8,14,17H,3-7,9-13,15H2,1-2H3,(H,26,30)(H2,25,27,28). The van der Waals surface area contributed by atoms with Crippen LogP contribution in [0.2, 0.25) is 0 Å². The topological polar surface area (TPSA) is 81.9 Å². The summed E-state index contributed by atoms with van der Waals surface area (Å²) >= 11 is 0. The Balaban J connectivity index is 1.62. The van der Waals surface area contributed by atoms with E-state index in [-0.39, 0.29) is 5.91 Å². The molecule has 1 aromatic heterocycles. The molecule has 3 N–H and O–H groups in total. The van der Waals surface area contributed by atoms with Crippen LogP contribution in [-0.2, 0) is 0 Å². The molecule has 2 heterocycles. The Morgan fingerprint density at radius 2 is 1.97 bits per heavy atom. The summed E-state index contributed by atoms with van der Waals surface area (Å²) in [5.74, 6) is 1.26. The van der Waals surface area contributed by atoms with Crippen molar-refractivity contribution >= 4 is 11.9 Å². The molecular formula is C21H34F3N5O2. The summed E-state index contributed by atoms with van der Waals surface area (Å²) in [4.78, 5) is 18.0. The number of carbonyl (C=O) groups is 1. The fourth-order valence-electron chi connectivity index (χ4n) is 3.58. The van der Waals surface area contributed by atoms with Crippen LogP contribution in [0, 0.1) is 12.8 Å². The Morgan fingerprint density at radius 1 is 1.23 bits per heavy atom. The number of halogens is 3. The smallest absolute Gasteiger partial charge is 0.401 e.